The highest BCUT2D eigenvalue weighted by Crippen LogP contribution is 1.78. The van der Waals surface area contributed by atoms with Crippen molar-refractivity contribution in [3.63, 3.8) is 0 Å². The van der Waals surface area contributed by atoms with Gasteiger partial charge in [0, 0.05) is 7.11 Å². The largest absolute Gasteiger partial charge is 0.462 e. The second-order valence-electron chi connectivity index (χ2n) is 2.39. The van der Waals surface area contributed by atoms with Crippen LogP contribution in [0.5, 0.6) is 0 Å². The predicted octanol–water partition coefficient (Wildman–Crippen LogP) is 0.176. The molecule has 1 N–H and O–H groups in total. The van der Waals surface area contributed by atoms with Gasteiger partial charge >= 0.3 is 5.97 Å². The zero-order valence-electron chi connectivity index (χ0n) is 7.76. The molecule has 0 spiro atoms. The zero-order valence-corrected chi connectivity index (χ0v) is 7.76. The van der Waals surface area contributed by atoms with Crippen LogP contribution in [0.2, 0.25) is 0 Å². The fourth-order valence-electron chi connectivity index (χ4n) is 0.657. The Hall–Kier alpha value is -0.610. The molecule has 4 heteroatoms. The van der Waals surface area contributed by atoms with Crippen LogP contribution < -0.4 is 5.32 Å². The van der Waals surface area contributed by atoms with Crippen LogP contribution in [0.3, 0.4) is 0 Å². The number of carbonyl (C=O) groups is 1. The van der Waals surface area contributed by atoms with E-state index in [4.69, 9.17) is 9.47 Å². The molecule has 0 aliphatic carbocycles. The highest BCUT2D eigenvalue weighted by atomic mass is 16.6. The van der Waals surface area contributed by atoms with Crippen molar-refractivity contribution in [2.75, 3.05) is 33.4 Å². The van der Waals surface area contributed by atoms with Gasteiger partial charge in [-0.15, -0.1) is 0 Å². The van der Waals surface area contributed by atoms with Crippen molar-refractivity contribution < 1.29 is 14.3 Å². The molecule has 0 saturated heterocycles. The first-order chi connectivity index (χ1) is 5.81. The van der Waals surface area contributed by atoms with E-state index < -0.39 is 0 Å². The summed E-state index contributed by atoms with van der Waals surface area (Å²) in [6.45, 7) is 3.98. The summed E-state index contributed by atoms with van der Waals surface area (Å²) in [4.78, 5) is 10.9. The van der Waals surface area contributed by atoms with E-state index in [2.05, 4.69) is 5.32 Å². The molecule has 0 unspecified atom stereocenters. The molecular weight excluding hydrogens is 158 g/mol. The monoisotopic (exact) mass is 175 g/mol. The normalized spacial score (nSPS) is 9.83. The van der Waals surface area contributed by atoms with Crippen LogP contribution in [-0.4, -0.2) is 39.4 Å². The van der Waals surface area contributed by atoms with Crippen LogP contribution in [0.25, 0.3) is 0 Å². The number of ether oxygens (including phenoxy) is 2. The maximum Gasteiger partial charge on any atom is 0.319 e. The minimum absolute atomic E-state index is 0.222. The number of rotatable bonds is 7. The second kappa shape index (κ2) is 8.49. The van der Waals surface area contributed by atoms with Crippen LogP contribution in [0.15, 0.2) is 0 Å². The lowest BCUT2D eigenvalue weighted by Gasteiger charge is -2.04. The average Bonchev–Trinajstić information content (AvgIpc) is 2.06. The van der Waals surface area contributed by atoms with Gasteiger partial charge < -0.3 is 14.8 Å². The average molecular weight is 175 g/mol. The fourth-order valence-corrected chi connectivity index (χ4v) is 0.657. The molecule has 0 atom stereocenters. The lowest BCUT2D eigenvalue weighted by atomic mass is 10.5. The van der Waals surface area contributed by atoms with Gasteiger partial charge in [0.05, 0.1) is 13.2 Å². The second-order valence-corrected chi connectivity index (χ2v) is 2.39. The van der Waals surface area contributed by atoms with Crippen molar-refractivity contribution in [3.05, 3.63) is 0 Å². The van der Waals surface area contributed by atoms with Crippen molar-refractivity contribution in [1.29, 1.82) is 0 Å². The Balaban J connectivity index is 3.10. The maximum absolute atomic E-state index is 10.9. The number of carbonyl (C=O) groups excluding carboxylic acids is 1. The van der Waals surface area contributed by atoms with Crippen molar-refractivity contribution >= 4 is 5.97 Å². The van der Waals surface area contributed by atoms with Crippen LogP contribution in [0.4, 0.5) is 0 Å². The standard InChI is InChI=1S/C8H17NO3/c1-3-4-9-7-8(10)12-6-5-11-2/h9H,3-7H2,1-2H3. The first-order valence-corrected chi connectivity index (χ1v) is 4.16. The Labute approximate surface area is 73.2 Å². The zero-order chi connectivity index (χ0) is 9.23. The van der Waals surface area contributed by atoms with Crippen LogP contribution >= 0.6 is 0 Å². The molecule has 72 valence electrons. The Morgan fingerprint density at radius 3 is 2.75 bits per heavy atom. The molecule has 0 aromatic carbocycles. The quantitative estimate of drug-likeness (QED) is 0.443. The fraction of sp³-hybridized carbons (Fsp3) is 0.875. The SMILES string of the molecule is CCCNCC(=O)OCCOC. The molecule has 0 bridgehead atoms. The summed E-state index contributed by atoms with van der Waals surface area (Å²) in [7, 11) is 1.57. The Morgan fingerprint density at radius 2 is 2.17 bits per heavy atom. The summed E-state index contributed by atoms with van der Waals surface area (Å²) in [6.07, 6.45) is 1.02. The maximum atomic E-state index is 10.9. The van der Waals surface area contributed by atoms with Gasteiger partial charge in [-0.05, 0) is 13.0 Å². The molecular formula is C8H17NO3. The molecule has 12 heavy (non-hydrogen) atoms. The lowest BCUT2D eigenvalue weighted by Crippen LogP contribution is -2.26. The highest BCUT2D eigenvalue weighted by molar-refractivity contribution is 5.71. The Morgan fingerprint density at radius 1 is 1.42 bits per heavy atom. The molecule has 0 radical (unpaired) electrons. The Kier molecular flexibility index (Phi) is 8.05. The molecule has 0 aromatic rings. The molecule has 0 aliphatic rings. The number of nitrogens with one attached hydrogen (secondary N) is 1. The van der Waals surface area contributed by atoms with Gasteiger partial charge in [0.25, 0.3) is 0 Å². The van der Waals surface area contributed by atoms with Gasteiger partial charge in [0.15, 0.2) is 0 Å². The van der Waals surface area contributed by atoms with Crippen molar-refractivity contribution in [3.8, 4) is 0 Å². The molecule has 4 nitrogen and oxygen atoms in total. The van der Waals surface area contributed by atoms with Crippen LogP contribution in [0, 0.1) is 0 Å². The van der Waals surface area contributed by atoms with Crippen molar-refractivity contribution in [2.24, 2.45) is 0 Å². The van der Waals surface area contributed by atoms with E-state index in [1.54, 1.807) is 7.11 Å². The number of hydrogen-bond donors (Lipinski definition) is 1. The van der Waals surface area contributed by atoms with E-state index in [1.165, 1.54) is 0 Å². The van der Waals surface area contributed by atoms with E-state index in [0.717, 1.165) is 13.0 Å². The molecule has 0 fully saturated rings. The van der Waals surface area contributed by atoms with Gasteiger partial charge in [-0.1, -0.05) is 6.92 Å². The van der Waals surface area contributed by atoms with E-state index >= 15 is 0 Å². The first kappa shape index (κ1) is 11.4. The molecule has 0 saturated carbocycles. The number of hydrogen-bond acceptors (Lipinski definition) is 4. The van der Waals surface area contributed by atoms with Crippen LogP contribution in [0.1, 0.15) is 13.3 Å². The van der Waals surface area contributed by atoms with Crippen molar-refractivity contribution in [2.45, 2.75) is 13.3 Å². The molecule has 0 rings (SSSR count). The summed E-state index contributed by atoms with van der Waals surface area (Å²) in [6, 6.07) is 0. The van der Waals surface area contributed by atoms with Gasteiger partial charge in [0.2, 0.25) is 0 Å². The molecule has 0 aliphatic heterocycles. The summed E-state index contributed by atoms with van der Waals surface area (Å²) in [5.74, 6) is -0.222. The molecule has 0 heterocycles. The highest BCUT2D eigenvalue weighted by Gasteiger charge is 1.99. The lowest BCUT2D eigenvalue weighted by molar-refractivity contribution is -0.143. The van der Waals surface area contributed by atoms with Gasteiger partial charge in [-0.2, -0.15) is 0 Å². The summed E-state index contributed by atoms with van der Waals surface area (Å²) in [5, 5.41) is 2.95. The number of esters is 1. The topological polar surface area (TPSA) is 47.6 Å². The van der Waals surface area contributed by atoms with E-state index in [1.807, 2.05) is 6.92 Å². The Bertz CT molecular complexity index is 105. The molecule has 0 amide bonds. The van der Waals surface area contributed by atoms with Gasteiger partial charge in [0.1, 0.15) is 6.61 Å². The van der Waals surface area contributed by atoms with Gasteiger partial charge in [-0.3, -0.25) is 4.79 Å². The predicted molar refractivity (Wildman–Crippen MR) is 46.0 cm³/mol. The van der Waals surface area contributed by atoms with E-state index in [9.17, 15) is 4.79 Å². The smallest absolute Gasteiger partial charge is 0.319 e. The third-order valence-electron chi connectivity index (χ3n) is 1.25. The summed E-state index contributed by atoms with van der Waals surface area (Å²) in [5.41, 5.74) is 0. The summed E-state index contributed by atoms with van der Waals surface area (Å²) >= 11 is 0. The third kappa shape index (κ3) is 7.50. The van der Waals surface area contributed by atoms with Gasteiger partial charge in [-0.25, -0.2) is 0 Å². The van der Waals surface area contributed by atoms with E-state index in [-0.39, 0.29) is 12.5 Å². The molecule has 0 aromatic heterocycles. The minimum atomic E-state index is -0.222. The van der Waals surface area contributed by atoms with Crippen LogP contribution in [-0.2, 0) is 14.3 Å². The summed E-state index contributed by atoms with van der Waals surface area (Å²) < 4.78 is 9.52. The third-order valence-corrected chi connectivity index (χ3v) is 1.25. The minimum Gasteiger partial charge on any atom is -0.462 e. The van der Waals surface area contributed by atoms with Crippen molar-refractivity contribution in [1.82, 2.24) is 5.32 Å². The number of methoxy groups -OCH3 is 1. The van der Waals surface area contributed by atoms with E-state index in [0.29, 0.717) is 13.2 Å². The first-order valence-electron chi connectivity index (χ1n) is 4.16.